The molecule has 0 saturated carbocycles. The second-order valence-electron chi connectivity index (χ2n) is 3.61. The van der Waals surface area contributed by atoms with Crippen LogP contribution in [0.1, 0.15) is 25.5 Å². The minimum absolute atomic E-state index is 0.0261. The normalized spacial score (nSPS) is 13.7. The van der Waals surface area contributed by atoms with Gasteiger partial charge in [-0.15, -0.1) is 0 Å². The van der Waals surface area contributed by atoms with Crippen molar-refractivity contribution in [2.45, 2.75) is 19.9 Å². The van der Waals surface area contributed by atoms with E-state index in [2.05, 4.69) is 0 Å². The van der Waals surface area contributed by atoms with Crippen LogP contribution in [0.25, 0.3) is 0 Å². The van der Waals surface area contributed by atoms with Gasteiger partial charge in [0.05, 0.1) is 0 Å². The van der Waals surface area contributed by atoms with Gasteiger partial charge in [-0.1, -0.05) is 23.7 Å². The molecule has 0 radical (unpaired) electrons. The van der Waals surface area contributed by atoms with Gasteiger partial charge in [0.1, 0.15) is 12.4 Å². The lowest BCUT2D eigenvalue weighted by Crippen LogP contribution is -2.05. The van der Waals surface area contributed by atoms with E-state index in [4.69, 9.17) is 22.1 Å². The molecule has 3 heteroatoms. The maximum Gasteiger partial charge on any atom is 0.120 e. The van der Waals surface area contributed by atoms with Gasteiger partial charge in [0.2, 0.25) is 0 Å². The van der Waals surface area contributed by atoms with E-state index in [1.165, 1.54) is 5.54 Å². The van der Waals surface area contributed by atoms with Crippen molar-refractivity contribution in [3.63, 3.8) is 0 Å². The summed E-state index contributed by atoms with van der Waals surface area (Å²) in [5.41, 5.74) is 9.36. The third-order valence-corrected chi connectivity index (χ3v) is 2.41. The Labute approximate surface area is 95.7 Å². The summed E-state index contributed by atoms with van der Waals surface area (Å²) in [6.07, 6.45) is 0. The van der Waals surface area contributed by atoms with Crippen molar-refractivity contribution in [2.24, 2.45) is 5.73 Å². The number of nitrogens with two attached hydrogens (primary N) is 1. The van der Waals surface area contributed by atoms with Crippen LogP contribution in [0.4, 0.5) is 0 Å². The summed E-state index contributed by atoms with van der Waals surface area (Å²) in [7, 11) is 0. The first-order chi connectivity index (χ1) is 7.13. The molecule has 15 heavy (non-hydrogen) atoms. The lowest BCUT2D eigenvalue weighted by atomic mass is 10.1. The number of rotatable bonds is 4. The van der Waals surface area contributed by atoms with E-state index in [9.17, 15) is 0 Å². The summed E-state index contributed by atoms with van der Waals surface area (Å²) >= 11 is 5.54. The lowest BCUT2D eigenvalue weighted by Gasteiger charge is -2.09. The Bertz CT molecular complexity index is 347. The van der Waals surface area contributed by atoms with E-state index in [0.29, 0.717) is 6.61 Å². The van der Waals surface area contributed by atoms with Crippen LogP contribution in [0.5, 0.6) is 5.75 Å². The molecule has 0 amide bonds. The molecule has 1 rings (SSSR count). The Balaban J connectivity index is 2.66. The molecule has 82 valence electrons. The van der Waals surface area contributed by atoms with E-state index < -0.39 is 0 Å². The van der Waals surface area contributed by atoms with Gasteiger partial charge in [-0.25, -0.2) is 0 Å². The van der Waals surface area contributed by atoms with Gasteiger partial charge in [-0.2, -0.15) is 0 Å². The minimum atomic E-state index is 0.0261. The smallest absolute Gasteiger partial charge is 0.120 e. The summed E-state index contributed by atoms with van der Waals surface area (Å²) < 4.78 is 5.54. The van der Waals surface area contributed by atoms with E-state index in [1.807, 2.05) is 38.1 Å². The largest absolute Gasteiger partial charge is 0.489 e. The molecule has 1 aromatic carbocycles. The number of benzene rings is 1. The maximum atomic E-state index is 5.78. The van der Waals surface area contributed by atoms with Crippen molar-refractivity contribution < 1.29 is 4.74 Å². The Morgan fingerprint density at radius 1 is 1.60 bits per heavy atom. The van der Waals surface area contributed by atoms with Crippen LogP contribution in [0, 0.1) is 0 Å². The van der Waals surface area contributed by atoms with Gasteiger partial charge < -0.3 is 10.5 Å². The molecular weight excluding hydrogens is 210 g/mol. The first kappa shape index (κ1) is 12.1. The Morgan fingerprint density at radius 2 is 2.33 bits per heavy atom. The van der Waals surface area contributed by atoms with Crippen LogP contribution < -0.4 is 10.5 Å². The molecule has 0 spiro atoms. The van der Waals surface area contributed by atoms with Crippen molar-refractivity contribution in [3.05, 3.63) is 40.9 Å². The number of hydrogen-bond donors (Lipinski definition) is 1. The van der Waals surface area contributed by atoms with Crippen LogP contribution in [0.15, 0.2) is 35.4 Å². The molecule has 0 bridgehead atoms. The molecular formula is C12H16ClNO. The molecule has 2 nitrogen and oxygen atoms in total. The molecule has 0 aliphatic carbocycles. The second kappa shape index (κ2) is 5.79. The number of halogens is 1. The average molecular weight is 226 g/mol. The summed E-state index contributed by atoms with van der Waals surface area (Å²) in [5.74, 6) is 0.822. The molecule has 0 unspecified atom stereocenters. The summed E-state index contributed by atoms with van der Waals surface area (Å²) in [6, 6.07) is 7.81. The Hall–Kier alpha value is -0.990. The van der Waals surface area contributed by atoms with Crippen molar-refractivity contribution in [3.8, 4) is 5.75 Å². The third kappa shape index (κ3) is 3.94. The lowest BCUT2D eigenvalue weighted by molar-refractivity contribution is 0.352. The number of ether oxygens (including phenoxy) is 1. The zero-order valence-electron chi connectivity index (χ0n) is 9.03. The predicted octanol–water partition coefficient (Wildman–Crippen LogP) is 3.23. The van der Waals surface area contributed by atoms with Gasteiger partial charge in [-0.05, 0) is 37.1 Å². The second-order valence-corrected chi connectivity index (χ2v) is 3.82. The molecule has 0 saturated heterocycles. The molecule has 0 heterocycles. The third-order valence-electron chi connectivity index (χ3n) is 2.04. The average Bonchev–Trinajstić information content (AvgIpc) is 2.26. The maximum absolute atomic E-state index is 5.78. The van der Waals surface area contributed by atoms with E-state index in [0.717, 1.165) is 16.9 Å². The van der Waals surface area contributed by atoms with Crippen LogP contribution >= 0.6 is 11.6 Å². The topological polar surface area (TPSA) is 35.2 Å². The van der Waals surface area contributed by atoms with Crippen LogP contribution in [0.2, 0.25) is 0 Å². The van der Waals surface area contributed by atoms with Gasteiger partial charge >= 0.3 is 0 Å². The highest BCUT2D eigenvalue weighted by Crippen LogP contribution is 2.18. The molecule has 2 N–H and O–H groups in total. The van der Waals surface area contributed by atoms with E-state index >= 15 is 0 Å². The minimum Gasteiger partial charge on any atom is -0.489 e. The van der Waals surface area contributed by atoms with Crippen molar-refractivity contribution >= 4 is 11.6 Å². The van der Waals surface area contributed by atoms with Crippen molar-refractivity contribution in [1.29, 1.82) is 0 Å². The molecule has 0 aliphatic heterocycles. The summed E-state index contributed by atoms with van der Waals surface area (Å²) in [5, 5.41) is 0. The fourth-order valence-electron chi connectivity index (χ4n) is 1.12. The van der Waals surface area contributed by atoms with Crippen molar-refractivity contribution in [2.75, 3.05) is 6.61 Å². The molecule has 1 atom stereocenters. The predicted molar refractivity (Wildman–Crippen MR) is 64.1 cm³/mol. The summed E-state index contributed by atoms with van der Waals surface area (Å²) in [6.45, 7) is 4.37. The van der Waals surface area contributed by atoms with Crippen LogP contribution in [-0.4, -0.2) is 6.61 Å². The highest BCUT2D eigenvalue weighted by atomic mass is 35.5. The summed E-state index contributed by atoms with van der Waals surface area (Å²) in [4.78, 5) is 0. The van der Waals surface area contributed by atoms with Crippen molar-refractivity contribution in [1.82, 2.24) is 0 Å². The van der Waals surface area contributed by atoms with E-state index in [-0.39, 0.29) is 6.04 Å². The van der Waals surface area contributed by atoms with Crippen LogP contribution in [0.3, 0.4) is 0 Å². The van der Waals surface area contributed by atoms with Crippen LogP contribution in [-0.2, 0) is 0 Å². The van der Waals surface area contributed by atoms with Gasteiger partial charge in [0.15, 0.2) is 0 Å². The molecule has 1 aromatic rings. The Kier molecular flexibility index (Phi) is 4.66. The fraction of sp³-hybridized carbons (Fsp3) is 0.333. The standard InChI is InChI=1S/C12H16ClNO/c1-9(7-13)8-15-12-5-3-4-11(6-12)10(2)14/h3-7,10H,8,14H2,1-2H3/b9-7+/t10-/m0/s1. The Morgan fingerprint density at radius 3 is 2.93 bits per heavy atom. The monoisotopic (exact) mass is 225 g/mol. The molecule has 0 aliphatic rings. The van der Waals surface area contributed by atoms with Gasteiger partial charge in [0, 0.05) is 11.6 Å². The zero-order chi connectivity index (χ0) is 11.3. The first-order valence-corrected chi connectivity index (χ1v) is 5.31. The number of hydrogen-bond acceptors (Lipinski definition) is 2. The quantitative estimate of drug-likeness (QED) is 0.854. The van der Waals surface area contributed by atoms with E-state index in [1.54, 1.807) is 0 Å². The first-order valence-electron chi connectivity index (χ1n) is 4.87. The van der Waals surface area contributed by atoms with Gasteiger partial charge in [0.25, 0.3) is 0 Å². The molecule has 0 aromatic heterocycles. The SMILES string of the molecule is C/C(=C\Cl)COc1cccc([C@H](C)N)c1. The highest BCUT2D eigenvalue weighted by molar-refractivity contribution is 6.25. The zero-order valence-corrected chi connectivity index (χ0v) is 9.79. The highest BCUT2D eigenvalue weighted by Gasteiger charge is 2.01. The fourth-order valence-corrected chi connectivity index (χ4v) is 1.18. The van der Waals surface area contributed by atoms with Gasteiger partial charge in [-0.3, -0.25) is 0 Å². The molecule has 0 fully saturated rings.